The molecule has 1 saturated carbocycles. The molecule has 1 aromatic carbocycles. The SMILES string of the molecule is CCN(C(=O)c1ccc(C(=O)O)cc1)C1CCCCC1C. The highest BCUT2D eigenvalue weighted by molar-refractivity contribution is 5.96. The number of carboxylic acids is 1. The summed E-state index contributed by atoms with van der Waals surface area (Å²) >= 11 is 0. The van der Waals surface area contributed by atoms with Gasteiger partial charge in [-0.15, -0.1) is 0 Å². The zero-order valence-corrected chi connectivity index (χ0v) is 12.7. The quantitative estimate of drug-likeness (QED) is 0.924. The van der Waals surface area contributed by atoms with E-state index in [1.165, 1.54) is 31.4 Å². The van der Waals surface area contributed by atoms with Crippen molar-refractivity contribution in [2.24, 2.45) is 5.92 Å². The molecule has 2 rings (SSSR count). The lowest BCUT2D eigenvalue weighted by Gasteiger charge is -2.38. The van der Waals surface area contributed by atoms with Crippen molar-refractivity contribution < 1.29 is 14.7 Å². The monoisotopic (exact) mass is 289 g/mol. The van der Waals surface area contributed by atoms with Gasteiger partial charge in [0, 0.05) is 18.2 Å². The van der Waals surface area contributed by atoms with Gasteiger partial charge in [-0.1, -0.05) is 19.8 Å². The molecule has 21 heavy (non-hydrogen) atoms. The van der Waals surface area contributed by atoms with Crippen LogP contribution in [0.5, 0.6) is 0 Å². The first-order chi connectivity index (χ1) is 10.0. The number of benzene rings is 1. The highest BCUT2D eigenvalue weighted by Gasteiger charge is 2.29. The first-order valence-corrected chi connectivity index (χ1v) is 7.69. The molecule has 4 heteroatoms. The summed E-state index contributed by atoms with van der Waals surface area (Å²) in [6, 6.07) is 6.51. The van der Waals surface area contributed by atoms with Gasteiger partial charge in [-0.05, 0) is 49.9 Å². The Morgan fingerprint density at radius 1 is 1.14 bits per heavy atom. The van der Waals surface area contributed by atoms with Crippen LogP contribution in [0.1, 0.15) is 60.2 Å². The molecule has 0 radical (unpaired) electrons. The molecule has 1 aromatic rings. The molecule has 0 aliphatic heterocycles. The number of hydrogen-bond acceptors (Lipinski definition) is 2. The van der Waals surface area contributed by atoms with Crippen molar-refractivity contribution in [1.29, 1.82) is 0 Å². The van der Waals surface area contributed by atoms with Crippen LogP contribution >= 0.6 is 0 Å². The zero-order valence-electron chi connectivity index (χ0n) is 12.7. The molecule has 2 atom stereocenters. The van der Waals surface area contributed by atoms with Gasteiger partial charge in [0.25, 0.3) is 5.91 Å². The summed E-state index contributed by atoms with van der Waals surface area (Å²) in [4.78, 5) is 25.5. The largest absolute Gasteiger partial charge is 0.478 e. The molecule has 1 amide bonds. The predicted octanol–water partition coefficient (Wildman–Crippen LogP) is 3.43. The number of rotatable bonds is 4. The zero-order chi connectivity index (χ0) is 15.4. The second-order valence-corrected chi connectivity index (χ2v) is 5.80. The van der Waals surface area contributed by atoms with Gasteiger partial charge >= 0.3 is 5.97 Å². The van der Waals surface area contributed by atoms with Crippen LogP contribution in [0, 0.1) is 5.92 Å². The Kier molecular flexibility index (Phi) is 4.99. The highest BCUT2D eigenvalue weighted by Crippen LogP contribution is 2.29. The third kappa shape index (κ3) is 3.43. The summed E-state index contributed by atoms with van der Waals surface area (Å²) in [6.45, 7) is 4.91. The molecule has 1 N–H and O–H groups in total. The minimum atomic E-state index is -0.970. The summed E-state index contributed by atoms with van der Waals surface area (Å²) in [5, 5.41) is 8.91. The Labute approximate surface area is 125 Å². The van der Waals surface area contributed by atoms with Crippen molar-refractivity contribution in [3.63, 3.8) is 0 Å². The topological polar surface area (TPSA) is 57.6 Å². The Bertz CT molecular complexity index is 509. The first kappa shape index (κ1) is 15.5. The fourth-order valence-corrected chi connectivity index (χ4v) is 3.21. The van der Waals surface area contributed by atoms with E-state index in [-0.39, 0.29) is 11.5 Å². The van der Waals surface area contributed by atoms with Crippen LogP contribution in [0.3, 0.4) is 0 Å². The number of aromatic carboxylic acids is 1. The van der Waals surface area contributed by atoms with Crippen LogP contribution < -0.4 is 0 Å². The number of carboxylic acid groups (broad SMARTS) is 1. The third-order valence-corrected chi connectivity index (χ3v) is 4.45. The lowest BCUT2D eigenvalue weighted by molar-refractivity contribution is 0.0568. The standard InChI is InChI=1S/C17H23NO3/c1-3-18(15-7-5-4-6-12(15)2)16(19)13-8-10-14(11-9-13)17(20)21/h8-12,15H,3-7H2,1-2H3,(H,20,21). The molecule has 2 unspecified atom stereocenters. The second kappa shape index (κ2) is 6.74. The van der Waals surface area contributed by atoms with E-state index in [1.807, 2.05) is 11.8 Å². The van der Waals surface area contributed by atoms with Gasteiger partial charge in [-0.2, -0.15) is 0 Å². The van der Waals surface area contributed by atoms with Crippen molar-refractivity contribution in [3.8, 4) is 0 Å². The molecule has 0 aromatic heterocycles. The minimum absolute atomic E-state index is 0.00758. The van der Waals surface area contributed by atoms with Crippen LogP contribution in [-0.4, -0.2) is 34.5 Å². The maximum atomic E-state index is 12.7. The van der Waals surface area contributed by atoms with Crippen molar-refractivity contribution in [2.75, 3.05) is 6.54 Å². The van der Waals surface area contributed by atoms with E-state index in [2.05, 4.69) is 6.92 Å². The average molecular weight is 289 g/mol. The molecule has 1 aliphatic carbocycles. The van der Waals surface area contributed by atoms with E-state index in [9.17, 15) is 9.59 Å². The van der Waals surface area contributed by atoms with Gasteiger partial charge in [0.1, 0.15) is 0 Å². The third-order valence-electron chi connectivity index (χ3n) is 4.45. The van der Waals surface area contributed by atoms with E-state index in [4.69, 9.17) is 5.11 Å². The average Bonchev–Trinajstić information content (AvgIpc) is 2.50. The van der Waals surface area contributed by atoms with E-state index >= 15 is 0 Å². The summed E-state index contributed by atoms with van der Waals surface area (Å²) < 4.78 is 0. The molecule has 0 bridgehead atoms. The molecular formula is C17H23NO3. The Hall–Kier alpha value is -1.84. The lowest BCUT2D eigenvalue weighted by atomic mass is 9.84. The number of hydrogen-bond donors (Lipinski definition) is 1. The Balaban J connectivity index is 2.17. The molecular weight excluding hydrogens is 266 g/mol. The van der Waals surface area contributed by atoms with Crippen LogP contribution in [0.15, 0.2) is 24.3 Å². The summed E-state index contributed by atoms with van der Waals surface area (Å²) in [5.41, 5.74) is 0.778. The van der Waals surface area contributed by atoms with Crippen LogP contribution in [0.4, 0.5) is 0 Å². The molecule has 4 nitrogen and oxygen atoms in total. The number of nitrogens with zero attached hydrogens (tertiary/aromatic N) is 1. The molecule has 114 valence electrons. The van der Waals surface area contributed by atoms with Crippen molar-refractivity contribution in [3.05, 3.63) is 35.4 Å². The van der Waals surface area contributed by atoms with Crippen molar-refractivity contribution in [1.82, 2.24) is 4.90 Å². The Morgan fingerprint density at radius 3 is 2.24 bits per heavy atom. The van der Waals surface area contributed by atoms with Crippen LogP contribution in [-0.2, 0) is 0 Å². The molecule has 1 fully saturated rings. The molecule has 1 aliphatic rings. The van der Waals surface area contributed by atoms with Gasteiger partial charge in [-0.3, -0.25) is 4.79 Å². The second-order valence-electron chi connectivity index (χ2n) is 5.80. The Morgan fingerprint density at radius 2 is 1.71 bits per heavy atom. The van der Waals surface area contributed by atoms with Gasteiger partial charge in [0.05, 0.1) is 5.56 Å². The fraction of sp³-hybridized carbons (Fsp3) is 0.529. The van der Waals surface area contributed by atoms with Gasteiger partial charge < -0.3 is 10.0 Å². The maximum absolute atomic E-state index is 12.7. The normalized spacial score (nSPS) is 21.8. The molecule has 0 saturated heterocycles. The highest BCUT2D eigenvalue weighted by atomic mass is 16.4. The molecule has 0 spiro atoms. The summed E-state index contributed by atoms with van der Waals surface area (Å²) in [6.07, 6.45) is 4.66. The van der Waals surface area contributed by atoms with Gasteiger partial charge in [0.15, 0.2) is 0 Å². The van der Waals surface area contributed by atoms with E-state index in [0.29, 0.717) is 24.1 Å². The maximum Gasteiger partial charge on any atom is 0.335 e. The summed E-state index contributed by atoms with van der Waals surface area (Å²) in [5.74, 6) is -0.434. The predicted molar refractivity (Wildman–Crippen MR) is 81.5 cm³/mol. The number of amides is 1. The van der Waals surface area contributed by atoms with Crippen molar-refractivity contribution >= 4 is 11.9 Å². The van der Waals surface area contributed by atoms with Crippen LogP contribution in [0.25, 0.3) is 0 Å². The number of carbonyl (C=O) groups excluding carboxylic acids is 1. The molecule has 0 heterocycles. The van der Waals surface area contributed by atoms with Crippen molar-refractivity contribution in [2.45, 2.75) is 45.6 Å². The van der Waals surface area contributed by atoms with E-state index < -0.39 is 5.97 Å². The van der Waals surface area contributed by atoms with E-state index in [1.54, 1.807) is 12.1 Å². The smallest absolute Gasteiger partial charge is 0.335 e. The van der Waals surface area contributed by atoms with E-state index in [0.717, 1.165) is 6.42 Å². The van der Waals surface area contributed by atoms with Gasteiger partial charge in [-0.25, -0.2) is 4.79 Å². The minimum Gasteiger partial charge on any atom is -0.478 e. The van der Waals surface area contributed by atoms with Gasteiger partial charge in [0.2, 0.25) is 0 Å². The summed E-state index contributed by atoms with van der Waals surface area (Å²) in [7, 11) is 0. The first-order valence-electron chi connectivity index (χ1n) is 7.69. The fourth-order valence-electron chi connectivity index (χ4n) is 3.21. The van der Waals surface area contributed by atoms with Crippen LogP contribution in [0.2, 0.25) is 0 Å². The lowest BCUT2D eigenvalue weighted by Crippen LogP contribution is -2.45. The number of carbonyl (C=O) groups is 2.